The molecule has 21 heavy (non-hydrogen) atoms. The zero-order valence-electron chi connectivity index (χ0n) is 11.7. The molecule has 1 aromatic rings. The van der Waals surface area contributed by atoms with Crippen molar-refractivity contribution < 1.29 is 18.8 Å². The molecule has 1 aromatic carbocycles. The average Bonchev–Trinajstić information content (AvgIpc) is 2.46. The number of carbonyl (C=O) groups is 1. The maximum atomic E-state index is 12.2. The Morgan fingerprint density at radius 3 is 2.86 bits per heavy atom. The van der Waals surface area contributed by atoms with Crippen molar-refractivity contribution in [1.29, 1.82) is 0 Å². The third kappa shape index (κ3) is 3.32. The molecule has 0 saturated carbocycles. The van der Waals surface area contributed by atoms with Crippen LogP contribution in [0.25, 0.3) is 0 Å². The van der Waals surface area contributed by atoms with Crippen LogP contribution in [0.5, 0.6) is 5.75 Å². The van der Waals surface area contributed by atoms with Crippen LogP contribution in [0.4, 0.5) is 0 Å². The van der Waals surface area contributed by atoms with Gasteiger partial charge < -0.3 is 15.2 Å². The minimum atomic E-state index is -0.547. The van der Waals surface area contributed by atoms with E-state index in [9.17, 15) is 14.1 Å². The molecule has 1 heterocycles. The fourth-order valence-electron chi connectivity index (χ4n) is 2.17. The number of phenolic OH excluding ortho intramolecular Hbond substituents is 1. The van der Waals surface area contributed by atoms with Crippen LogP contribution in [-0.2, 0) is 20.8 Å². The molecule has 0 bridgehead atoms. The quantitative estimate of drug-likeness (QED) is 0.564. The van der Waals surface area contributed by atoms with Crippen LogP contribution >= 0.6 is 0 Å². The molecule has 1 aliphatic rings. The lowest BCUT2D eigenvalue weighted by Crippen LogP contribution is -2.46. The number of nitrogens with one attached hydrogen (secondary N) is 2. The van der Waals surface area contributed by atoms with Crippen molar-refractivity contribution in [2.45, 2.75) is 19.9 Å². The maximum absolute atomic E-state index is 12.2. The monoisotopic (exact) mass is 308 g/mol. The number of aromatic hydroxyl groups is 1. The molecule has 1 unspecified atom stereocenters. The number of phenols is 1. The molecule has 1 aliphatic heterocycles. The minimum Gasteiger partial charge on any atom is -0.508 e. The Labute approximate surface area is 125 Å². The Morgan fingerprint density at radius 1 is 1.48 bits per heavy atom. The van der Waals surface area contributed by atoms with Crippen LogP contribution < -0.4 is 10.6 Å². The van der Waals surface area contributed by atoms with E-state index in [4.69, 9.17) is 4.74 Å². The third-order valence-corrected chi connectivity index (χ3v) is 3.44. The Morgan fingerprint density at radius 2 is 2.24 bits per heavy atom. The summed E-state index contributed by atoms with van der Waals surface area (Å²) in [7, 11) is 0. The van der Waals surface area contributed by atoms with E-state index < -0.39 is 12.0 Å². The Hall–Kier alpha value is -2.12. The van der Waals surface area contributed by atoms with Gasteiger partial charge in [0, 0.05) is 5.70 Å². The van der Waals surface area contributed by atoms with Gasteiger partial charge in [-0.1, -0.05) is 12.1 Å². The van der Waals surface area contributed by atoms with Gasteiger partial charge in [-0.05, 0) is 31.5 Å². The van der Waals surface area contributed by atoms with Crippen LogP contribution in [0.2, 0.25) is 0 Å². The highest BCUT2D eigenvalue weighted by molar-refractivity contribution is 7.66. The molecule has 0 saturated heterocycles. The van der Waals surface area contributed by atoms with E-state index in [0.29, 0.717) is 21.9 Å². The molecular formula is C14H16N2O4S. The highest BCUT2D eigenvalue weighted by atomic mass is 32.1. The first kappa shape index (κ1) is 15.3. The van der Waals surface area contributed by atoms with Gasteiger partial charge >= 0.3 is 5.97 Å². The van der Waals surface area contributed by atoms with E-state index >= 15 is 0 Å². The fourth-order valence-corrected chi connectivity index (χ4v) is 2.53. The lowest BCUT2D eigenvalue weighted by atomic mass is 9.95. The average molecular weight is 308 g/mol. The van der Waals surface area contributed by atoms with Gasteiger partial charge in [-0.15, -0.1) is 0 Å². The van der Waals surface area contributed by atoms with Crippen molar-refractivity contribution in [2.24, 2.45) is 0 Å². The van der Waals surface area contributed by atoms with Gasteiger partial charge in [0.15, 0.2) is 5.11 Å². The summed E-state index contributed by atoms with van der Waals surface area (Å²) in [6.07, 6.45) is 0. The maximum Gasteiger partial charge on any atom is 0.337 e. The Bertz CT molecular complexity index is 650. The first-order valence-corrected chi connectivity index (χ1v) is 7.18. The molecule has 6 nitrogen and oxygen atoms in total. The van der Waals surface area contributed by atoms with Crippen molar-refractivity contribution in [1.82, 2.24) is 10.6 Å². The summed E-state index contributed by atoms with van der Waals surface area (Å²) in [4.78, 5) is 12.2. The standard InChI is InChI=1S/C14H16N2O4S/c1-3-20-13(18)11-8(2)15-14(21-19)16-12(11)9-5-4-6-10(17)7-9/h4-7,12,15-17H,3H2,1-2H3. The van der Waals surface area contributed by atoms with Gasteiger partial charge in [-0.25, -0.2) is 9.00 Å². The summed E-state index contributed by atoms with van der Waals surface area (Å²) in [5.41, 5.74) is 1.62. The molecule has 0 aliphatic carbocycles. The van der Waals surface area contributed by atoms with E-state index in [1.165, 1.54) is 6.07 Å². The largest absolute Gasteiger partial charge is 0.508 e. The highest BCUT2D eigenvalue weighted by Gasteiger charge is 2.31. The molecule has 1 atom stereocenters. The van der Waals surface area contributed by atoms with Crippen LogP contribution in [0.1, 0.15) is 25.5 Å². The normalized spacial score (nSPS) is 18.2. The molecule has 0 aromatic heterocycles. The predicted octanol–water partition coefficient (Wildman–Crippen LogP) is 0.764. The lowest BCUT2D eigenvalue weighted by molar-refractivity contribution is -0.139. The first-order valence-electron chi connectivity index (χ1n) is 6.44. The van der Waals surface area contributed by atoms with E-state index in [-0.39, 0.29) is 23.6 Å². The van der Waals surface area contributed by atoms with E-state index in [1.54, 1.807) is 32.0 Å². The van der Waals surface area contributed by atoms with Crippen molar-refractivity contribution in [2.75, 3.05) is 6.61 Å². The van der Waals surface area contributed by atoms with Crippen LogP contribution in [0.15, 0.2) is 35.5 Å². The number of hydrogen-bond donors (Lipinski definition) is 3. The van der Waals surface area contributed by atoms with E-state index in [2.05, 4.69) is 10.6 Å². The van der Waals surface area contributed by atoms with Crippen LogP contribution in [0, 0.1) is 0 Å². The number of hydrogen-bond acceptors (Lipinski definition) is 4. The summed E-state index contributed by atoms with van der Waals surface area (Å²) >= 11 is 0.275. The molecule has 2 rings (SSSR count). The fraction of sp³-hybridized carbons (Fsp3) is 0.286. The predicted molar refractivity (Wildman–Crippen MR) is 79.6 cm³/mol. The van der Waals surface area contributed by atoms with Gasteiger partial charge in [-0.2, -0.15) is 0 Å². The van der Waals surface area contributed by atoms with Crippen molar-refractivity contribution in [3.05, 3.63) is 41.1 Å². The number of ether oxygens (including phenoxy) is 1. The molecule has 0 fully saturated rings. The topological polar surface area (TPSA) is 87.7 Å². The van der Waals surface area contributed by atoms with Gasteiger partial charge in [0.1, 0.15) is 17.0 Å². The summed E-state index contributed by atoms with van der Waals surface area (Å²) in [6.45, 7) is 3.69. The van der Waals surface area contributed by atoms with Gasteiger partial charge in [-0.3, -0.25) is 5.32 Å². The van der Waals surface area contributed by atoms with Crippen molar-refractivity contribution in [3.63, 3.8) is 0 Å². The molecular weight excluding hydrogens is 292 g/mol. The Balaban J connectivity index is 2.50. The van der Waals surface area contributed by atoms with Crippen molar-refractivity contribution >= 4 is 22.3 Å². The lowest BCUT2D eigenvalue weighted by Gasteiger charge is -2.28. The van der Waals surface area contributed by atoms with Gasteiger partial charge in [0.2, 0.25) is 0 Å². The number of rotatable bonds is 3. The SMILES string of the molecule is CCOC(=O)C1=C(C)NC(=S=O)NC1c1cccc(O)c1. The summed E-state index contributed by atoms with van der Waals surface area (Å²) in [5.74, 6) is -0.372. The van der Waals surface area contributed by atoms with Crippen LogP contribution in [-0.4, -0.2) is 27.0 Å². The zero-order chi connectivity index (χ0) is 15.4. The molecule has 7 heteroatoms. The second kappa shape index (κ2) is 6.55. The zero-order valence-corrected chi connectivity index (χ0v) is 12.5. The summed E-state index contributed by atoms with van der Waals surface area (Å²) in [6, 6.07) is 5.98. The minimum absolute atomic E-state index is 0.0880. The molecule has 0 radical (unpaired) electrons. The van der Waals surface area contributed by atoms with E-state index in [1.807, 2.05) is 0 Å². The summed E-state index contributed by atoms with van der Waals surface area (Å²) in [5, 5.41) is 15.7. The van der Waals surface area contributed by atoms with Gasteiger partial charge in [0.05, 0.1) is 18.2 Å². The smallest absolute Gasteiger partial charge is 0.337 e. The second-order valence-electron chi connectivity index (χ2n) is 4.47. The molecule has 0 amide bonds. The van der Waals surface area contributed by atoms with Gasteiger partial charge in [0.25, 0.3) is 0 Å². The number of benzene rings is 1. The van der Waals surface area contributed by atoms with E-state index in [0.717, 1.165) is 0 Å². The number of allylic oxidation sites excluding steroid dienone is 1. The van der Waals surface area contributed by atoms with Crippen LogP contribution in [0.3, 0.4) is 0 Å². The Kier molecular flexibility index (Phi) is 4.77. The highest BCUT2D eigenvalue weighted by Crippen LogP contribution is 2.29. The molecule has 112 valence electrons. The molecule has 3 N–H and O–H groups in total. The summed E-state index contributed by atoms with van der Waals surface area (Å²) < 4.78 is 16.1. The third-order valence-electron chi connectivity index (χ3n) is 3.05. The second-order valence-corrected chi connectivity index (χ2v) is 5.04. The first-order chi connectivity index (χ1) is 10.1. The van der Waals surface area contributed by atoms with Crippen molar-refractivity contribution in [3.8, 4) is 5.75 Å². The number of esters is 1. The number of carbonyl (C=O) groups excluding carboxylic acids is 1. The molecule has 0 spiro atoms.